The zero-order valence-corrected chi connectivity index (χ0v) is 8.04. The molecule has 0 aromatic heterocycles. The Morgan fingerprint density at radius 2 is 2.17 bits per heavy atom. The van der Waals surface area contributed by atoms with Gasteiger partial charge in [0.15, 0.2) is 0 Å². The normalized spacial score (nSPS) is 12.9. The Balaban J connectivity index is 4.65. The third-order valence-electron chi connectivity index (χ3n) is 1.48. The molecule has 0 aliphatic heterocycles. The van der Waals surface area contributed by atoms with Gasteiger partial charge in [-0.05, 0) is 0 Å². The first-order chi connectivity index (χ1) is 5.63. The first kappa shape index (κ1) is 10.8. The van der Waals surface area contributed by atoms with Gasteiger partial charge in [-0.3, -0.25) is 4.99 Å². The molecule has 0 fully saturated rings. The molecule has 12 heavy (non-hydrogen) atoms. The summed E-state index contributed by atoms with van der Waals surface area (Å²) in [7, 11) is 5.61. The van der Waals surface area contributed by atoms with E-state index >= 15 is 0 Å². The van der Waals surface area contributed by atoms with E-state index in [0.717, 1.165) is 12.1 Å². The maximum Gasteiger partial charge on any atom is 0.0693 e. The summed E-state index contributed by atoms with van der Waals surface area (Å²) >= 11 is 0. The Bertz CT molecular complexity index is 202. The second kappa shape index (κ2) is 5.41. The molecular weight excluding hydrogens is 150 g/mol. The molecule has 0 spiro atoms. The van der Waals surface area contributed by atoms with Gasteiger partial charge < -0.3 is 10.6 Å². The van der Waals surface area contributed by atoms with Crippen molar-refractivity contribution in [3.63, 3.8) is 0 Å². The van der Waals surface area contributed by atoms with E-state index in [9.17, 15) is 0 Å². The van der Waals surface area contributed by atoms with Crippen LogP contribution in [0.1, 0.15) is 6.42 Å². The fourth-order valence-electron chi connectivity index (χ4n) is 0.909. The van der Waals surface area contributed by atoms with Crippen LogP contribution in [0, 0.1) is 0 Å². The molecule has 3 nitrogen and oxygen atoms in total. The fourth-order valence-corrected chi connectivity index (χ4v) is 0.909. The zero-order valence-electron chi connectivity index (χ0n) is 8.04. The van der Waals surface area contributed by atoms with Crippen molar-refractivity contribution in [3.05, 3.63) is 24.0 Å². The molecule has 0 saturated carbocycles. The maximum atomic E-state index is 5.76. The monoisotopic (exact) mass is 167 g/mol. The molecule has 0 heterocycles. The summed E-state index contributed by atoms with van der Waals surface area (Å²) in [5.41, 5.74) is 7.49. The standard InChI is InChI=1S/C9H17N3/c1-5-6-9(12(3)4)8(10)7-11-2/h5,7H,1,6,10H2,2-4H3/b9-8+,11-7-. The number of nitrogens with zero attached hydrogens (tertiary/aromatic N) is 2. The third kappa shape index (κ3) is 3.23. The van der Waals surface area contributed by atoms with Crippen molar-refractivity contribution in [2.75, 3.05) is 21.1 Å². The summed E-state index contributed by atoms with van der Waals surface area (Å²) < 4.78 is 0. The molecule has 0 amide bonds. The lowest BCUT2D eigenvalue weighted by molar-refractivity contribution is 0.497. The highest BCUT2D eigenvalue weighted by Crippen LogP contribution is 2.06. The Kier molecular flexibility index (Phi) is 4.84. The smallest absolute Gasteiger partial charge is 0.0693 e. The Morgan fingerprint density at radius 3 is 2.50 bits per heavy atom. The van der Waals surface area contributed by atoms with E-state index in [0.29, 0.717) is 5.70 Å². The lowest BCUT2D eigenvalue weighted by Crippen LogP contribution is -2.17. The molecule has 0 rings (SSSR count). The topological polar surface area (TPSA) is 41.6 Å². The Labute approximate surface area is 74.3 Å². The molecule has 0 aromatic carbocycles. The number of nitrogens with two attached hydrogens (primary N) is 1. The summed E-state index contributed by atoms with van der Waals surface area (Å²) in [6.45, 7) is 3.66. The minimum absolute atomic E-state index is 0.697. The second-order valence-corrected chi connectivity index (χ2v) is 2.68. The van der Waals surface area contributed by atoms with Crippen molar-refractivity contribution in [1.82, 2.24) is 4.90 Å². The largest absolute Gasteiger partial charge is 0.396 e. The van der Waals surface area contributed by atoms with Gasteiger partial charge in [-0.25, -0.2) is 0 Å². The summed E-state index contributed by atoms with van der Waals surface area (Å²) in [4.78, 5) is 5.82. The van der Waals surface area contributed by atoms with Gasteiger partial charge in [0.2, 0.25) is 0 Å². The van der Waals surface area contributed by atoms with Crippen molar-refractivity contribution >= 4 is 6.21 Å². The van der Waals surface area contributed by atoms with Crippen molar-refractivity contribution in [3.8, 4) is 0 Å². The SMILES string of the molecule is C=CC/C(=C(N)/C=N\C)N(C)C. The van der Waals surface area contributed by atoms with E-state index in [2.05, 4.69) is 11.6 Å². The van der Waals surface area contributed by atoms with Crippen LogP contribution >= 0.6 is 0 Å². The van der Waals surface area contributed by atoms with Crippen molar-refractivity contribution in [1.29, 1.82) is 0 Å². The number of allylic oxidation sites excluding steroid dienone is 2. The van der Waals surface area contributed by atoms with Gasteiger partial charge in [0.1, 0.15) is 0 Å². The van der Waals surface area contributed by atoms with E-state index < -0.39 is 0 Å². The summed E-state index contributed by atoms with van der Waals surface area (Å²) in [6, 6.07) is 0. The molecule has 0 aromatic rings. The van der Waals surface area contributed by atoms with Crippen molar-refractivity contribution < 1.29 is 0 Å². The van der Waals surface area contributed by atoms with Crippen LogP contribution in [0.5, 0.6) is 0 Å². The molecule has 0 bridgehead atoms. The van der Waals surface area contributed by atoms with Crippen LogP contribution in [-0.2, 0) is 0 Å². The molecule has 0 unspecified atom stereocenters. The number of hydrogen-bond donors (Lipinski definition) is 1. The van der Waals surface area contributed by atoms with E-state index in [1.807, 2.05) is 25.1 Å². The van der Waals surface area contributed by atoms with Gasteiger partial charge in [-0.15, -0.1) is 6.58 Å². The van der Waals surface area contributed by atoms with Gasteiger partial charge in [-0.2, -0.15) is 0 Å². The first-order valence-electron chi connectivity index (χ1n) is 3.82. The van der Waals surface area contributed by atoms with Gasteiger partial charge in [0, 0.05) is 39.5 Å². The summed E-state index contributed by atoms with van der Waals surface area (Å²) in [6.07, 6.45) is 4.25. The van der Waals surface area contributed by atoms with Crippen LogP contribution in [0.15, 0.2) is 29.0 Å². The van der Waals surface area contributed by atoms with Gasteiger partial charge in [-0.1, -0.05) is 6.08 Å². The van der Waals surface area contributed by atoms with Crippen LogP contribution < -0.4 is 5.73 Å². The highest BCUT2D eigenvalue weighted by Gasteiger charge is 2.01. The highest BCUT2D eigenvalue weighted by atomic mass is 15.1. The maximum absolute atomic E-state index is 5.76. The number of aliphatic imine (C=N–C) groups is 1. The Hall–Kier alpha value is -1.25. The number of hydrogen-bond acceptors (Lipinski definition) is 3. The minimum atomic E-state index is 0.697. The zero-order chi connectivity index (χ0) is 9.56. The summed E-state index contributed by atoms with van der Waals surface area (Å²) in [5.74, 6) is 0. The van der Waals surface area contributed by atoms with E-state index in [4.69, 9.17) is 5.73 Å². The lowest BCUT2D eigenvalue weighted by Gasteiger charge is -2.17. The quantitative estimate of drug-likeness (QED) is 0.501. The third-order valence-corrected chi connectivity index (χ3v) is 1.48. The molecule has 68 valence electrons. The highest BCUT2D eigenvalue weighted by molar-refractivity contribution is 5.78. The van der Waals surface area contributed by atoms with E-state index in [-0.39, 0.29) is 0 Å². The van der Waals surface area contributed by atoms with Crippen LogP contribution in [0.2, 0.25) is 0 Å². The van der Waals surface area contributed by atoms with Crippen LogP contribution in [0.25, 0.3) is 0 Å². The van der Waals surface area contributed by atoms with Crippen molar-refractivity contribution in [2.24, 2.45) is 10.7 Å². The molecular formula is C9H17N3. The molecule has 0 atom stereocenters. The van der Waals surface area contributed by atoms with Crippen LogP contribution in [-0.4, -0.2) is 32.3 Å². The fraction of sp³-hybridized carbons (Fsp3) is 0.444. The summed E-state index contributed by atoms with van der Waals surface area (Å²) in [5, 5.41) is 0. The van der Waals surface area contributed by atoms with Gasteiger partial charge in [0.05, 0.1) is 5.70 Å². The molecule has 3 heteroatoms. The predicted octanol–water partition coefficient (Wildman–Crippen LogP) is 0.995. The lowest BCUT2D eigenvalue weighted by atomic mass is 10.2. The minimum Gasteiger partial charge on any atom is -0.396 e. The van der Waals surface area contributed by atoms with Crippen LogP contribution in [0.4, 0.5) is 0 Å². The van der Waals surface area contributed by atoms with Gasteiger partial charge >= 0.3 is 0 Å². The Morgan fingerprint density at radius 1 is 1.58 bits per heavy atom. The van der Waals surface area contributed by atoms with Crippen molar-refractivity contribution in [2.45, 2.75) is 6.42 Å². The average Bonchev–Trinajstić information content (AvgIpc) is 1.99. The van der Waals surface area contributed by atoms with Crippen LogP contribution in [0.3, 0.4) is 0 Å². The predicted molar refractivity (Wildman–Crippen MR) is 54.1 cm³/mol. The molecule has 0 aliphatic carbocycles. The molecule has 0 saturated heterocycles. The molecule has 0 radical (unpaired) electrons. The van der Waals surface area contributed by atoms with Gasteiger partial charge in [0.25, 0.3) is 0 Å². The second-order valence-electron chi connectivity index (χ2n) is 2.68. The van der Waals surface area contributed by atoms with E-state index in [1.165, 1.54) is 0 Å². The molecule has 0 aliphatic rings. The average molecular weight is 167 g/mol. The molecule has 2 N–H and O–H groups in total. The first-order valence-corrected chi connectivity index (χ1v) is 3.82. The van der Waals surface area contributed by atoms with E-state index in [1.54, 1.807) is 13.3 Å². The number of rotatable bonds is 4.